The SMILES string of the molecule is C#CCn1nnnc1-c1ccc(N2C[C@H](CNC(C)=O)OC2=O)cc1F. The number of hydrogen-bond acceptors (Lipinski definition) is 6. The predicted molar refractivity (Wildman–Crippen MR) is 88.3 cm³/mol. The van der Waals surface area contributed by atoms with Crippen molar-refractivity contribution in [2.24, 2.45) is 0 Å². The summed E-state index contributed by atoms with van der Waals surface area (Å²) in [6, 6.07) is 4.24. The monoisotopic (exact) mass is 358 g/mol. The van der Waals surface area contributed by atoms with E-state index in [1.54, 1.807) is 6.07 Å². The van der Waals surface area contributed by atoms with Crippen molar-refractivity contribution in [3.8, 4) is 23.7 Å². The molecule has 2 heterocycles. The van der Waals surface area contributed by atoms with Crippen LogP contribution in [0.4, 0.5) is 14.9 Å². The summed E-state index contributed by atoms with van der Waals surface area (Å²) < 4.78 is 21.0. The topological polar surface area (TPSA) is 102 Å². The number of terminal acetylenes is 1. The highest BCUT2D eigenvalue weighted by atomic mass is 19.1. The van der Waals surface area contributed by atoms with Gasteiger partial charge < -0.3 is 10.1 Å². The average molecular weight is 358 g/mol. The summed E-state index contributed by atoms with van der Waals surface area (Å²) in [5.74, 6) is 1.75. The Morgan fingerprint density at radius 2 is 2.35 bits per heavy atom. The van der Waals surface area contributed by atoms with Crippen LogP contribution in [0.25, 0.3) is 11.4 Å². The van der Waals surface area contributed by atoms with Gasteiger partial charge in [0.05, 0.1) is 24.3 Å². The first-order chi connectivity index (χ1) is 12.5. The van der Waals surface area contributed by atoms with E-state index in [1.807, 2.05) is 0 Å². The molecule has 0 aliphatic carbocycles. The van der Waals surface area contributed by atoms with Gasteiger partial charge >= 0.3 is 6.09 Å². The number of aromatic nitrogens is 4. The van der Waals surface area contributed by atoms with Gasteiger partial charge in [0.15, 0.2) is 5.82 Å². The van der Waals surface area contributed by atoms with Gasteiger partial charge in [-0.15, -0.1) is 11.5 Å². The molecule has 1 aliphatic rings. The van der Waals surface area contributed by atoms with Gasteiger partial charge in [-0.1, -0.05) is 5.92 Å². The summed E-state index contributed by atoms with van der Waals surface area (Å²) in [7, 11) is 0. The van der Waals surface area contributed by atoms with Gasteiger partial charge in [0, 0.05) is 6.92 Å². The lowest BCUT2D eigenvalue weighted by molar-refractivity contribution is -0.119. The van der Waals surface area contributed by atoms with Crippen molar-refractivity contribution in [3.63, 3.8) is 0 Å². The largest absolute Gasteiger partial charge is 0.442 e. The van der Waals surface area contributed by atoms with Crippen molar-refractivity contribution in [2.45, 2.75) is 19.6 Å². The number of tetrazole rings is 1. The Bertz CT molecular complexity index is 890. The first-order valence-electron chi connectivity index (χ1n) is 7.71. The first-order valence-corrected chi connectivity index (χ1v) is 7.71. The highest BCUT2D eigenvalue weighted by Gasteiger charge is 2.32. The molecule has 3 rings (SSSR count). The molecule has 26 heavy (non-hydrogen) atoms. The number of ether oxygens (including phenoxy) is 1. The van der Waals surface area contributed by atoms with Crippen molar-refractivity contribution in [1.29, 1.82) is 0 Å². The molecule has 2 aromatic rings. The standard InChI is InChI=1S/C16H15FN6O3/c1-3-6-23-15(19-20-21-23)13-5-4-11(7-14(13)17)22-9-12(26-16(22)25)8-18-10(2)24/h1,4-5,7,12H,6,8-9H2,2H3,(H,18,24)/t12-/m0/s1. The normalized spacial score (nSPS) is 16.3. The lowest BCUT2D eigenvalue weighted by atomic mass is 10.1. The van der Waals surface area contributed by atoms with Gasteiger partial charge in [0.25, 0.3) is 0 Å². The van der Waals surface area contributed by atoms with Crippen LogP contribution in [-0.2, 0) is 16.1 Å². The van der Waals surface area contributed by atoms with Crippen molar-refractivity contribution in [1.82, 2.24) is 25.5 Å². The minimum Gasteiger partial charge on any atom is -0.442 e. The van der Waals surface area contributed by atoms with E-state index in [4.69, 9.17) is 11.2 Å². The molecule has 1 fully saturated rings. The summed E-state index contributed by atoms with van der Waals surface area (Å²) in [6.45, 7) is 1.87. The molecule has 10 heteroatoms. The number of anilines is 1. The van der Waals surface area contributed by atoms with Crippen LogP contribution < -0.4 is 10.2 Å². The van der Waals surface area contributed by atoms with E-state index in [-0.39, 0.29) is 36.9 Å². The van der Waals surface area contributed by atoms with Crippen molar-refractivity contribution in [2.75, 3.05) is 18.0 Å². The zero-order chi connectivity index (χ0) is 18.7. The smallest absolute Gasteiger partial charge is 0.414 e. The Morgan fingerprint density at radius 1 is 1.54 bits per heavy atom. The third-order valence-electron chi connectivity index (χ3n) is 3.73. The minimum atomic E-state index is -0.607. The lowest BCUT2D eigenvalue weighted by Gasteiger charge is -2.14. The fraction of sp³-hybridized carbons (Fsp3) is 0.312. The van der Waals surface area contributed by atoms with Crippen LogP contribution in [0, 0.1) is 18.2 Å². The van der Waals surface area contributed by atoms with E-state index < -0.39 is 18.0 Å². The summed E-state index contributed by atoms with van der Waals surface area (Å²) in [6.07, 6.45) is 4.13. The van der Waals surface area contributed by atoms with E-state index in [2.05, 4.69) is 26.8 Å². The molecule has 1 aromatic carbocycles. The molecule has 2 amide bonds. The third-order valence-corrected chi connectivity index (χ3v) is 3.73. The maximum absolute atomic E-state index is 14.6. The third kappa shape index (κ3) is 3.46. The van der Waals surface area contributed by atoms with Crippen LogP contribution in [0.3, 0.4) is 0 Å². The van der Waals surface area contributed by atoms with E-state index in [0.29, 0.717) is 5.69 Å². The highest BCUT2D eigenvalue weighted by Crippen LogP contribution is 2.27. The lowest BCUT2D eigenvalue weighted by Crippen LogP contribution is -2.33. The predicted octanol–water partition coefficient (Wildman–Crippen LogP) is 0.574. The second-order valence-electron chi connectivity index (χ2n) is 5.58. The Hall–Kier alpha value is -3.48. The Kier molecular flexibility index (Phi) is 4.79. The van der Waals surface area contributed by atoms with Crippen molar-refractivity contribution in [3.05, 3.63) is 24.0 Å². The number of benzene rings is 1. The van der Waals surface area contributed by atoms with Crippen molar-refractivity contribution >= 4 is 17.7 Å². The molecule has 0 spiro atoms. The number of carbonyl (C=O) groups is 2. The molecule has 0 bridgehead atoms. The number of halogens is 1. The van der Waals surface area contributed by atoms with Gasteiger partial charge in [-0.3, -0.25) is 9.69 Å². The summed E-state index contributed by atoms with van der Waals surface area (Å²) in [4.78, 5) is 24.3. The molecule has 1 aromatic heterocycles. The number of nitrogens with zero attached hydrogens (tertiary/aromatic N) is 5. The van der Waals surface area contributed by atoms with Gasteiger partial charge in [-0.25, -0.2) is 13.9 Å². The molecule has 0 saturated carbocycles. The van der Waals surface area contributed by atoms with E-state index in [9.17, 15) is 14.0 Å². The summed E-state index contributed by atoms with van der Waals surface area (Å²) in [5.41, 5.74) is 0.494. The first kappa shape index (κ1) is 17.3. The van der Waals surface area contributed by atoms with Gasteiger partial charge in [0.1, 0.15) is 18.5 Å². The Labute approximate surface area is 148 Å². The molecule has 1 N–H and O–H groups in total. The fourth-order valence-corrected chi connectivity index (χ4v) is 2.54. The van der Waals surface area contributed by atoms with E-state index in [1.165, 1.54) is 28.6 Å². The number of nitrogens with one attached hydrogen (secondary N) is 1. The number of carbonyl (C=O) groups excluding carboxylic acids is 2. The zero-order valence-electron chi connectivity index (χ0n) is 13.8. The Balaban J connectivity index is 1.79. The molecule has 1 aliphatic heterocycles. The van der Waals surface area contributed by atoms with Crippen LogP contribution >= 0.6 is 0 Å². The minimum absolute atomic E-state index is 0.104. The Morgan fingerprint density at radius 3 is 3.04 bits per heavy atom. The highest BCUT2D eigenvalue weighted by molar-refractivity contribution is 5.90. The van der Waals surface area contributed by atoms with Gasteiger partial charge in [-0.2, -0.15) is 0 Å². The summed E-state index contributed by atoms with van der Waals surface area (Å²) in [5, 5.41) is 13.6. The molecule has 134 valence electrons. The van der Waals surface area contributed by atoms with Gasteiger partial charge in [-0.05, 0) is 28.6 Å². The maximum Gasteiger partial charge on any atom is 0.414 e. The zero-order valence-corrected chi connectivity index (χ0v) is 13.8. The number of cyclic esters (lactones) is 1. The van der Waals surface area contributed by atoms with Crippen LogP contribution in [-0.4, -0.2) is 51.4 Å². The number of hydrogen-bond donors (Lipinski definition) is 1. The maximum atomic E-state index is 14.6. The van der Waals surface area contributed by atoms with E-state index >= 15 is 0 Å². The van der Waals surface area contributed by atoms with Gasteiger partial charge in [0.2, 0.25) is 5.91 Å². The molecule has 1 saturated heterocycles. The average Bonchev–Trinajstić information content (AvgIpc) is 3.20. The van der Waals surface area contributed by atoms with Crippen LogP contribution in [0.15, 0.2) is 18.2 Å². The van der Waals surface area contributed by atoms with Crippen LogP contribution in [0.1, 0.15) is 6.92 Å². The van der Waals surface area contributed by atoms with E-state index in [0.717, 1.165) is 0 Å². The molecule has 9 nitrogen and oxygen atoms in total. The molecule has 0 unspecified atom stereocenters. The van der Waals surface area contributed by atoms with Crippen LogP contribution in [0.5, 0.6) is 0 Å². The second kappa shape index (κ2) is 7.18. The quantitative estimate of drug-likeness (QED) is 0.784. The molecular formula is C16H15FN6O3. The number of amides is 2. The molecular weight excluding hydrogens is 343 g/mol. The van der Waals surface area contributed by atoms with Crippen molar-refractivity contribution < 1.29 is 18.7 Å². The fourth-order valence-electron chi connectivity index (χ4n) is 2.54. The second-order valence-corrected chi connectivity index (χ2v) is 5.58. The van der Waals surface area contributed by atoms with Crippen LogP contribution in [0.2, 0.25) is 0 Å². The molecule has 0 radical (unpaired) electrons. The summed E-state index contributed by atoms with van der Waals surface area (Å²) >= 11 is 0. The number of rotatable bonds is 5. The molecule has 1 atom stereocenters.